The lowest BCUT2D eigenvalue weighted by Gasteiger charge is -2.06. The van der Waals surface area contributed by atoms with Gasteiger partial charge in [-0.1, -0.05) is 12.1 Å². The molecular weight excluding hydrogens is 341 g/mol. The van der Waals surface area contributed by atoms with Crippen LogP contribution in [0.15, 0.2) is 60.8 Å². The largest absolute Gasteiger partial charge is 0.497 e. The van der Waals surface area contributed by atoms with Gasteiger partial charge in [-0.05, 0) is 66.1 Å². The highest BCUT2D eigenvalue weighted by molar-refractivity contribution is 5.89. The Morgan fingerprint density at radius 2 is 1.96 bits per heavy atom. The van der Waals surface area contributed by atoms with Crippen molar-refractivity contribution in [2.24, 2.45) is 0 Å². The Morgan fingerprint density at radius 3 is 2.78 bits per heavy atom. The molecule has 134 valence electrons. The zero-order valence-corrected chi connectivity index (χ0v) is 14.8. The predicted molar refractivity (Wildman–Crippen MR) is 105 cm³/mol. The van der Waals surface area contributed by atoms with Crippen molar-refractivity contribution >= 4 is 23.1 Å². The van der Waals surface area contributed by atoms with Crippen LogP contribution in [0.4, 0.5) is 4.39 Å². The van der Waals surface area contributed by atoms with Crippen LogP contribution in [0.2, 0.25) is 0 Å². The minimum Gasteiger partial charge on any atom is -0.497 e. The van der Waals surface area contributed by atoms with E-state index in [2.05, 4.69) is 21.2 Å². The molecule has 2 heterocycles. The smallest absolute Gasteiger partial charge is 0.127 e. The van der Waals surface area contributed by atoms with E-state index in [9.17, 15) is 4.39 Å². The average molecular weight is 359 g/mol. The van der Waals surface area contributed by atoms with Crippen molar-refractivity contribution < 1.29 is 9.13 Å². The maximum atomic E-state index is 13.7. The van der Waals surface area contributed by atoms with Crippen LogP contribution in [0.25, 0.3) is 23.1 Å². The Bertz CT molecular complexity index is 1100. The number of aromatic nitrogens is 3. The lowest BCUT2D eigenvalue weighted by atomic mass is 10.0. The molecule has 4 aromatic rings. The lowest BCUT2D eigenvalue weighted by Crippen LogP contribution is -1.92. The van der Waals surface area contributed by atoms with Crippen LogP contribution in [0.3, 0.4) is 0 Å². The SMILES string of the molecule is COc1cc(F)cc(Cc2ccc3[nH]nc(C=Cc4ccccn4)c3c2)c1. The molecule has 0 amide bonds. The number of ether oxygens (including phenoxy) is 1. The zero-order chi connectivity index (χ0) is 18.6. The van der Waals surface area contributed by atoms with Gasteiger partial charge in [0.1, 0.15) is 11.6 Å². The molecule has 1 N–H and O–H groups in total. The maximum Gasteiger partial charge on any atom is 0.127 e. The second-order valence-corrected chi connectivity index (χ2v) is 6.25. The summed E-state index contributed by atoms with van der Waals surface area (Å²) in [7, 11) is 1.54. The van der Waals surface area contributed by atoms with Gasteiger partial charge in [0.05, 0.1) is 24.0 Å². The molecule has 0 aliphatic rings. The van der Waals surface area contributed by atoms with Gasteiger partial charge in [0, 0.05) is 17.6 Å². The predicted octanol–water partition coefficient (Wildman–Crippen LogP) is 4.87. The van der Waals surface area contributed by atoms with Crippen LogP contribution in [0.5, 0.6) is 5.75 Å². The summed E-state index contributed by atoms with van der Waals surface area (Å²) in [5, 5.41) is 8.44. The van der Waals surface area contributed by atoms with E-state index in [4.69, 9.17) is 4.74 Å². The molecule has 0 saturated heterocycles. The minimum atomic E-state index is -0.298. The minimum absolute atomic E-state index is 0.298. The van der Waals surface area contributed by atoms with E-state index >= 15 is 0 Å². The first kappa shape index (κ1) is 17.0. The molecule has 27 heavy (non-hydrogen) atoms. The molecule has 0 bridgehead atoms. The van der Waals surface area contributed by atoms with E-state index in [1.165, 1.54) is 19.2 Å². The summed E-state index contributed by atoms with van der Waals surface area (Å²) in [6.45, 7) is 0. The van der Waals surface area contributed by atoms with Gasteiger partial charge in [0.2, 0.25) is 0 Å². The van der Waals surface area contributed by atoms with Crippen molar-refractivity contribution in [1.29, 1.82) is 0 Å². The number of nitrogens with one attached hydrogen (secondary N) is 1. The van der Waals surface area contributed by atoms with E-state index < -0.39 is 0 Å². The summed E-state index contributed by atoms with van der Waals surface area (Å²) in [4.78, 5) is 4.28. The second-order valence-electron chi connectivity index (χ2n) is 6.25. The van der Waals surface area contributed by atoms with Crippen LogP contribution in [-0.4, -0.2) is 22.3 Å². The average Bonchev–Trinajstić information content (AvgIpc) is 3.09. The second kappa shape index (κ2) is 7.41. The Labute approximate surface area is 156 Å². The number of methoxy groups -OCH3 is 1. The number of benzene rings is 2. The summed E-state index contributed by atoms with van der Waals surface area (Å²) in [5.41, 5.74) is 4.60. The third kappa shape index (κ3) is 3.87. The first-order chi connectivity index (χ1) is 13.2. The number of hydrogen-bond acceptors (Lipinski definition) is 3. The van der Waals surface area contributed by atoms with Gasteiger partial charge in [0.15, 0.2) is 0 Å². The molecule has 0 fully saturated rings. The standard InChI is InChI=1S/C22H18FN3O/c1-27-19-12-16(11-17(23)14-19)10-15-5-7-21-20(13-15)22(26-25-21)8-6-18-4-2-3-9-24-18/h2-9,11-14H,10H2,1H3,(H,25,26). The third-order valence-electron chi connectivity index (χ3n) is 4.33. The fourth-order valence-corrected chi connectivity index (χ4v) is 3.03. The number of halogens is 1. The van der Waals surface area contributed by atoms with E-state index in [0.717, 1.165) is 33.4 Å². The van der Waals surface area contributed by atoms with Crippen LogP contribution in [0, 0.1) is 5.82 Å². The maximum absolute atomic E-state index is 13.7. The van der Waals surface area contributed by atoms with Crippen molar-refractivity contribution in [1.82, 2.24) is 15.2 Å². The lowest BCUT2D eigenvalue weighted by molar-refractivity contribution is 0.410. The molecule has 0 radical (unpaired) electrons. The molecular formula is C22H18FN3O. The molecule has 5 heteroatoms. The quantitative estimate of drug-likeness (QED) is 0.553. The molecule has 0 spiro atoms. The molecule has 0 aliphatic heterocycles. The van der Waals surface area contributed by atoms with Crippen molar-refractivity contribution in [3.05, 3.63) is 89.1 Å². The number of rotatable bonds is 5. The summed E-state index contributed by atoms with van der Waals surface area (Å²) in [6, 6.07) is 16.6. The Kier molecular flexibility index (Phi) is 4.66. The first-order valence-corrected chi connectivity index (χ1v) is 8.61. The van der Waals surface area contributed by atoms with Crippen LogP contribution in [0.1, 0.15) is 22.5 Å². The van der Waals surface area contributed by atoms with Crippen LogP contribution >= 0.6 is 0 Å². The summed E-state index contributed by atoms with van der Waals surface area (Å²) in [6.07, 6.45) is 6.24. The fraction of sp³-hybridized carbons (Fsp3) is 0.0909. The van der Waals surface area contributed by atoms with Crippen molar-refractivity contribution in [3.8, 4) is 5.75 Å². The number of pyridine rings is 1. The zero-order valence-electron chi connectivity index (χ0n) is 14.8. The van der Waals surface area contributed by atoms with Gasteiger partial charge in [-0.25, -0.2) is 4.39 Å². The molecule has 0 saturated carbocycles. The van der Waals surface area contributed by atoms with Gasteiger partial charge in [-0.15, -0.1) is 0 Å². The van der Waals surface area contributed by atoms with Gasteiger partial charge >= 0.3 is 0 Å². The van der Waals surface area contributed by atoms with Crippen molar-refractivity contribution in [2.45, 2.75) is 6.42 Å². The molecule has 2 aromatic carbocycles. The number of aromatic amines is 1. The highest BCUT2D eigenvalue weighted by Gasteiger charge is 2.07. The van der Waals surface area contributed by atoms with E-state index in [1.54, 1.807) is 6.20 Å². The fourth-order valence-electron chi connectivity index (χ4n) is 3.03. The Balaban J connectivity index is 1.64. The molecule has 4 rings (SSSR count). The van der Waals surface area contributed by atoms with Crippen molar-refractivity contribution in [2.75, 3.05) is 7.11 Å². The highest BCUT2D eigenvalue weighted by atomic mass is 19.1. The number of H-pyrrole nitrogens is 1. The number of hydrogen-bond donors (Lipinski definition) is 1. The van der Waals surface area contributed by atoms with E-state index in [0.29, 0.717) is 12.2 Å². The number of fused-ring (bicyclic) bond motifs is 1. The first-order valence-electron chi connectivity index (χ1n) is 8.61. The van der Waals surface area contributed by atoms with Gasteiger partial charge in [-0.2, -0.15) is 5.10 Å². The Morgan fingerprint density at radius 1 is 1.04 bits per heavy atom. The molecule has 2 aromatic heterocycles. The third-order valence-corrected chi connectivity index (χ3v) is 4.33. The van der Waals surface area contributed by atoms with E-state index in [1.807, 2.05) is 48.6 Å². The van der Waals surface area contributed by atoms with Crippen molar-refractivity contribution in [3.63, 3.8) is 0 Å². The van der Waals surface area contributed by atoms with Gasteiger partial charge in [0.25, 0.3) is 0 Å². The molecule has 0 aliphatic carbocycles. The molecule has 0 unspecified atom stereocenters. The summed E-state index contributed by atoms with van der Waals surface area (Å²) in [5.74, 6) is 0.223. The summed E-state index contributed by atoms with van der Waals surface area (Å²) < 4.78 is 18.9. The molecule has 4 nitrogen and oxygen atoms in total. The van der Waals surface area contributed by atoms with Crippen LogP contribution < -0.4 is 4.74 Å². The number of nitrogens with zero attached hydrogens (tertiary/aromatic N) is 2. The summed E-state index contributed by atoms with van der Waals surface area (Å²) >= 11 is 0. The van der Waals surface area contributed by atoms with Gasteiger partial charge < -0.3 is 4.74 Å². The van der Waals surface area contributed by atoms with E-state index in [-0.39, 0.29) is 5.82 Å². The highest BCUT2D eigenvalue weighted by Crippen LogP contribution is 2.23. The normalized spacial score (nSPS) is 11.3. The molecule has 0 atom stereocenters. The van der Waals surface area contributed by atoms with Gasteiger partial charge in [-0.3, -0.25) is 10.1 Å². The Hall–Kier alpha value is -3.47. The van der Waals surface area contributed by atoms with Crippen LogP contribution in [-0.2, 0) is 6.42 Å². The monoisotopic (exact) mass is 359 g/mol. The topological polar surface area (TPSA) is 50.8 Å².